The van der Waals surface area contributed by atoms with Crippen LogP contribution in [0.4, 0.5) is 4.39 Å². The van der Waals surface area contributed by atoms with E-state index in [0.29, 0.717) is 10.7 Å². The molecule has 0 fully saturated rings. The van der Waals surface area contributed by atoms with Crippen molar-refractivity contribution in [1.82, 2.24) is 14.4 Å². The molecule has 5 heteroatoms. The van der Waals surface area contributed by atoms with Gasteiger partial charge in [-0.2, -0.15) is 0 Å². The van der Waals surface area contributed by atoms with E-state index in [-0.39, 0.29) is 5.82 Å². The average molecular weight is 324 g/mol. The third kappa shape index (κ3) is 2.58. The number of aromatic nitrogens is 3. The van der Waals surface area contributed by atoms with Crippen molar-refractivity contribution in [3.8, 4) is 22.5 Å². The molecule has 0 radical (unpaired) electrons. The van der Waals surface area contributed by atoms with Crippen LogP contribution in [0, 0.1) is 5.82 Å². The number of fused-ring (bicyclic) bond motifs is 1. The molecule has 0 amide bonds. The maximum absolute atomic E-state index is 13.5. The van der Waals surface area contributed by atoms with Gasteiger partial charge in [-0.05, 0) is 24.3 Å². The number of rotatable bonds is 2. The van der Waals surface area contributed by atoms with E-state index in [1.165, 1.54) is 12.1 Å². The molecule has 0 aliphatic rings. The van der Waals surface area contributed by atoms with Gasteiger partial charge in [0, 0.05) is 22.3 Å². The lowest BCUT2D eigenvalue weighted by Gasteiger charge is -2.05. The molecule has 0 bridgehead atoms. The van der Waals surface area contributed by atoms with E-state index in [4.69, 9.17) is 11.6 Å². The number of hydrogen-bond donors (Lipinski definition) is 0. The van der Waals surface area contributed by atoms with Gasteiger partial charge in [-0.25, -0.2) is 9.37 Å². The molecule has 0 saturated heterocycles. The van der Waals surface area contributed by atoms with E-state index in [2.05, 4.69) is 9.97 Å². The molecule has 0 aliphatic carbocycles. The minimum Gasteiger partial charge on any atom is -0.296 e. The fraction of sp³-hybridized carbons (Fsp3) is 0. The lowest BCUT2D eigenvalue weighted by Crippen LogP contribution is -1.93. The van der Waals surface area contributed by atoms with Gasteiger partial charge in [-0.3, -0.25) is 9.38 Å². The zero-order valence-electron chi connectivity index (χ0n) is 11.9. The highest BCUT2D eigenvalue weighted by atomic mass is 35.5. The van der Waals surface area contributed by atoms with Gasteiger partial charge in [-0.15, -0.1) is 0 Å². The average Bonchev–Trinajstić information content (AvgIpc) is 2.98. The summed E-state index contributed by atoms with van der Waals surface area (Å²) in [5.74, 6) is -0.274. The summed E-state index contributed by atoms with van der Waals surface area (Å²) < 4.78 is 15.4. The van der Waals surface area contributed by atoms with Gasteiger partial charge < -0.3 is 0 Å². The van der Waals surface area contributed by atoms with Gasteiger partial charge in [0.25, 0.3) is 0 Å². The molecule has 4 rings (SSSR count). The quantitative estimate of drug-likeness (QED) is 0.527. The molecule has 0 aliphatic heterocycles. The van der Waals surface area contributed by atoms with E-state index < -0.39 is 0 Å². The van der Waals surface area contributed by atoms with Gasteiger partial charge in [0.1, 0.15) is 5.82 Å². The molecule has 0 saturated carbocycles. The normalized spacial score (nSPS) is 11.0. The second-order valence-electron chi connectivity index (χ2n) is 5.16. The highest BCUT2D eigenvalue weighted by Crippen LogP contribution is 2.24. The highest BCUT2D eigenvalue weighted by molar-refractivity contribution is 6.30. The number of benzene rings is 2. The smallest absolute Gasteiger partial charge is 0.155 e. The summed E-state index contributed by atoms with van der Waals surface area (Å²) in [7, 11) is 0. The predicted molar refractivity (Wildman–Crippen MR) is 88.8 cm³/mol. The Morgan fingerprint density at radius 1 is 0.913 bits per heavy atom. The summed E-state index contributed by atoms with van der Waals surface area (Å²) >= 11 is 5.93. The maximum Gasteiger partial charge on any atom is 0.155 e. The van der Waals surface area contributed by atoms with Crippen molar-refractivity contribution in [2.45, 2.75) is 0 Å². The van der Waals surface area contributed by atoms with Crippen LogP contribution in [0.1, 0.15) is 0 Å². The SMILES string of the molecule is Fc1cccc(-c2cnc3cnc(-c4ccc(Cl)cc4)cn23)c1. The Bertz CT molecular complexity index is 993. The van der Waals surface area contributed by atoms with Crippen LogP contribution < -0.4 is 0 Å². The van der Waals surface area contributed by atoms with E-state index >= 15 is 0 Å². The zero-order valence-corrected chi connectivity index (χ0v) is 12.7. The molecule has 2 aromatic carbocycles. The molecular formula is C18H11ClFN3. The summed E-state index contributed by atoms with van der Waals surface area (Å²) in [6.45, 7) is 0. The van der Waals surface area contributed by atoms with E-state index in [1.54, 1.807) is 18.5 Å². The number of hydrogen-bond acceptors (Lipinski definition) is 2. The lowest BCUT2D eigenvalue weighted by atomic mass is 10.1. The van der Waals surface area contributed by atoms with Crippen molar-refractivity contribution in [3.05, 3.63) is 78.0 Å². The number of imidazole rings is 1. The fourth-order valence-electron chi connectivity index (χ4n) is 2.52. The van der Waals surface area contributed by atoms with Crippen molar-refractivity contribution in [2.24, 2.45) is 0 Å². The summed E-state index contributed by atoms with van der Waals surface area (Å²) in [5, 5.41) is 0.679. The summed E-state index contributed by atoms with van der Waals surface area (Å²) in [4.78, 5) is 8.76. The third-order valence-electron chi connectivity index (χ3n) is 3.66. The molecule has 0 N–H and O–H groups in total. The number of halogens is 2. The summed E-state index contributed by atoms with van der Waals surface area (Å²) in [6.07, 6.45) is 5.32. The fourth-order valence-corrected chi connectivity index (χ4v) is 2.65. The second-order valence-corrected chi connectivity index (χ2v) is 5.60. The van der Waals surface area contributed by atoms with Crippen molar-refractivity contribution < 1.29 is 4.39 Å². The van der Waals surface area contributed by atoms with E-state index in [9.17, 15) is 4.39 Å². The Kier molecular flexibility index (Phi) is 3.32. The van der Waals surface area contributed by atoms with Crippen LogP contribution in [0.5, 0.6) is 0 Å². The second kappa shape index (κ2) is 5.48. The van der Waals surface area contributed by atoms with E-state index in [0.717, 1.165) is 22.5 Å². The minimum atomic E-state index is -0.274. The Morgan fingerprint density at radius 3 is 2.52 bits per heavy atom. The molecule has 2 aromatic heterocycles. The maximum atomic E-state index is 13.5. The van der Waals surface area contributed by atoms with Crippen molar-refractivity contribution in [3.63, 3.8) is 0 Å². The van der Waals surface area contributed by atoms with Crippen LogP contribution in [0.3, 0.4) is 0 Å². The van der Waals surface area contributed by atoms with Crippen LogP contribution in [-0.2, 0) is 0 Å². The standard InChI is InChI=1S/C18H11ClFN3/c19-14-6-4-12(5-7-14)16-11-23-17(9-22-18(23)10-21-16)13-2-1-3-15(20)8-13/h1-11H. The largest absolute Gasteiger partial charge is 0.296 e. The third-order valence-corrected chi connectivity index (χ3v) is 3.91. The Labute approximate surface area is 137 Å². The molecular weight excluding hydrogens is 313 g/mol. The monoisotopic (exact) mass is 323 g/mol. The van der Waals surface area contributed by atoms with Crippen LogP contribution in [0.25, 0.3) is 28.2 Å². The minimum absolute atomic E-state index is 0.274. The van der Waals surface area contributed by atoms with Crippen molar-refractivity contribution in [2.75, 3.05) is 0 Å². The molecule has 0 unspecified atom stereocenters. The van der Waals surface area contributed by atoms with Gasteiger partial charge >= 0.3 is 0 Å². The van der Waals surface area contributed by atoms with Crippen LogP contribution in [-0.4, -0.2) is 14.4 Å². The first-order valence-corrected chi connectivity index (χ1v) is 7.43. The molecule has 3 nitrogen and oxygen atoms in total. The van der Waals surface area contributed by atoms with Gasteiger partial charge in [0.2, 0.25) is 0 Å². The number of nitrogens with zero attached hydrogens (tertiary/aromatic N) is 3. The highest BCUT2D eigenvalue weighted by Gasteiger charge is 2.09. The molecule has 112 valence electrons. The Hall–Kier alpha value is -2.72. The molecule has 0 spiro atoms. The zero-order chi connectivity index (χ0) is 15.8. The van der Waals surface area contributed by atoms with Crippen molar-refractivity contribution >= 4 is 17.2 Å². The first kappa shape index (κ1) is 13.9. The molecule has 4 aromatic rings. The van der Waals surface area contributed by atoms with Gasteiger partial charge in [0.05, 0.1) is 23.8 Å². The predicted octanol–water partition coefficient (Wildman–Crippen LogP) is 4.86. The molecule has 23 heavy (non-hydrogen) atoms. The summed E-state index contributed by atoms with van der Waals surface area (Å²) in [5.41, 5.74) is 4.05. The molecule has 2 heterocycles. The van der Waals surface area contributed by atoms with Gasteiger partial charge in [-0.1, -0.05) is 35.9 Å². The Morgan fingerprint density at radius 2 is 1.74 bits per heavy atom. The first-order valence-electron chi connectivity index (χ1n) is 7.06. The van der Waals surface area contributed by atoms with Crippen LogP contribution in [0.2, 0.25) is 5.02 Å². The first-order chi connectivity index (χ1) is 11.2. The Balaban J connectivity index is 1.88. The van der Waals surface area contributed by atoms with Crippen molar-refractivity contribution in [1.29, 1.82) is 0 Å². The van der Waals surface area contributed by atoms with Gasteiger partial charge in [0.15, 0.2) is 5.65 Å². The van der Waals surface area contributed by atoms with E-state index in [1.807, 2.05) is 40.9 Å². The topological polar surface area (TPSA) is 30.2 Å². The molecule has 0 atom stereocenters. The van der Waals surface area contributed by atoms with Crippen LogP contribution in [0.15, 0.2) is 67.1 Å². The summed E-state index contributed by atoms with van der Waals surface area (Å²) in [6, 6.07) is 13.9. The van der Waals surface area contributed by atoms with Crippen LogP contribution >= 0.6 is 11.6 Å². The lowest BCUT2D eigenvalue weighted by molar-refractivity contribution is 0.628.